The van der Waals surface area contributed by atoms with Crippen molar-refractivity contribution in [3.05, 3.63) is 18.0 Å². The minimum atomic E-state index is -4.68. The van der Waals surface area contributed by atoms with Gasteiger partial charge in [-0.2, -0.15) is 13.2 Å². The lowest BCUT2D eigenvalue weighted by molar-refractivity contribution is -0.148. The molecule has 0 aliphatic carbocycles. The summed E-state index contributed by atoms with van der Waals surface area (Å²) in [7, 11) is 0. The first-order valence-electron chi connectivity index (χ1n) is 9.44. The number of fused-ring (bicyclic) bond motifs is 2. The molecule has 0 radical (unpaired) electrons. The Morgan fingerprint density at radius 2 is 1.75 bits per heavy atom. The molecule has 2 aliphatic heterocycles. The number of ether oxygens (including phenoxy) is 2. The number of carbonyl (C=O) groups is 1. The minimum absolute atomic E-state index is 0.00450. The number of halogens is 3. The van der Waals surface area contributed by atoms with Crippen LogP contribution in [0.5, 0.6) is 11.5 Å². The molecule has 2 atom stereocenters. The maximum absolute atomic E-state index is 13.6. The zero-order valence-electron chi connectivity index (χ0n) is 15.8. The van der Waals surface area contributed by atoms with E-state index in [0.29, 0.717) is 24.7 Å². The van der Waals surface area contributed by atoms with Gasteiger partial charge in [-0.25, -0.2) is 4.98 Å². The summed E-state index contributed by atoms with van der Waals surface area (Å²) in [6.07, 6.45) is -1.96. The van der Waals surface area contributed by atoms with Crippen LogP contribution in [0.4, 0.5) is 13.2 Å². The number of rotatable bonds is 2. The molecule has 4 rings (SSSR count). The van der Waals surface area contributed by atoms with Gasteiger partial charge >= 0.3 is 6.18 Å². The largest absolute Gasteiger partial charge is 0.486 e. The molecule has 1 saturated heterocycles. The van der Waals surface area contributed by atoms with Gasteiger partial charge < -0.3 is 18.9 Å². The van der Waals surface area contributed by atoms with E-state index in [1.165, 1.54) is 12.1 Å². The normalized spacial score (nSPS) is 22.5. The van der Waals surface area contributed by atoms with E-state index in [1.807, 2.05) is 13.8 Å². The molecular formula is C19H22F3N3O3. The molecule has 0 unspecified atom stereocenters. The summed E-state index contributed by atoms with van der Waals surface area (Å²) in [5.74, 6) is -0.697. The zero-order valence-corrected chi connectivity index (χ0v) is 15.8. The van der Waals surface area contributed by atoms with E-state index in [0.717, 1.165) is 23.8 Å². The highest BCUT2D eigenvalue weighted by Crippen LogP contribution is 2.38. The topological polar surface area (TPSA) is 56.6 Å². The summed E-state index contributed by atoms with van der Waals surface area (Å²) >= 11 is 0. The van der Waals surface area contributed by atoms with E-state index >= 15 is 0 Å². The van der Waals surface area contributed by atoms with Gasteiger partial charge in [0.15, 0.2) is 11.5 Å². The highest BCUT2D eigenvalue weighted by atomic mass is 19.4. The van der Waals surface area contributed by atoms with Crippen molar-refractivity contribution in [1.82, 2.24) is 14.5 Å². The zero-order chi connectivity index (χ0) is 20.1. The van der Waals surface area contributed by atoms with E-state index in [1.54, 1.807) is 4.90 Å². The van der Waals surface area contributed by atoms with Crippen molar-refractivity contribution in [2.75, 3.05) is 13.2 Å². The fourth-order valence-corrected chi connectivity index (χ4v) is 4.17. The van der Waals surface area contributed by atoms with Crippen LogP contribution >= 0.6 is 0 Å². The Kier molecular flexibility index (Phi) is 4.63. The van der Waals surface area contributed by atoms with E-state index in [9.17, 15) is 18.0 Å². The smallest absolute Gasteiger partial charge is 0.449 e. The third-order valence-electron chi connectivity index (χ3n) is 5.44. The van der Waals surface area contributed by atoms with Crippen LogP contribution < -0.4 is 9.47 Å². The quantitative estimate of drug-likeness (QED) is 0.777. The lowest BCUT2D eigenvalue weighted by atomic mass is 9.97. The average molecular weight is 397 g/mol. The molecule has 28 heavy (non-hydrogen) atoms. The summed E-state index contributed by atoms with van der Waals surface area (Å²) in [5, 5.41) is 0. The maximum atomic E-state index is 13.6. The Morgan fingerprint density at radius 1 is 1.14 bits per heavy atom. The summed E-state index contributed by atoms with van der Waals surface area (Å²) in [6, 6.07) is 2.92. The van der Waals surface area contributed by atoms with E-state index in [4.69, 9.17) is 9.47 Å². The molecule has 9 heteroatoms. The molecule has 2 aliphatic rings. The van der Waals surface area contributed by atoms with Gasteiger partial charge in [-0.3, -0.25) is 4.79 Å². The highest BCUT2D eigenvalue weighted by molar-refractivity contribution is 5.84. The third kappa shape index (κ3) is 3.27. The Morgan fingerprint density at radius 3 is 2.36 bits per heavy atom. The van der Waals surface area contributed by atoms with Crippen molar-refractivity contribution in [3.8, 4) is 11.5 Å². The fraction of sp³-hybridized carbons (Fsp3) is 0.579. The molecule has 2 aromatic rings. The fourth-order valence-electron chi connectivity index (χ4n) is 4.17. The van der Waals surface area contributed by atoms with Gasteiger partial charge in [-0.1, -0.05) is 0 Å². The van der Waals surface area contributed by atoms with Gasteiger partial charge in [0.2, 0.25) is 11.7 Å². The number of amides is 1. The maximum Gasteiger partial charge on any atom is 0.449 e. The van der Waals surface area contributed by atoms with Crippen molar-refractivity contribution < 1.29 is 27.4 Å². The summed E-state index contributed by atoms with van der Waals surface area (Å²) in [5.41, 5.74) is 0.339. The Balaban J connectivity index is 1.76. The standard InChI is InChI=1S/C19H22F3N3O3/c1-11-4-3-5-12(2)25(11)17(26)10-24-14-9-16-15(27-6-7-28-16)8-13(14)23-18(24)19(20,21)22/h8-9,11-12H,3-7,10H2,1-2H3/t11-,12-/m1/s1. The van der Waals surface area contributed by atoms with Crippen LogP contribution in [0.15, 0.2) is 12.1 Å². The molecule has 0 saturated carbocycles. The van der Waals surface area contributed by atoms with Gasteiger partial charge in [0.25, 0.3) is 0 Å². The number of hydrogen-bond donors (Lipinski definition) is 0. The first kappa shape index (κ1) is 18.9. The summed E-state index contributed by atoms with van der Waals surface area (Å²) in [6.45, 7) is 4.10. The molecule has 0 spiro atoms. The highest BCUT2D eigenvalue weighted by Gasteiger charge is 2.39. The van der Waals surface area contributed by atoms with Gasteiger partial charge in [0.05, 0.1) is 11.0 Å². The number of likely N-dealkylation sites (tertiary alicyclic amines) is 1. The molecule has 0 N–H and O–H groups in total. The average Bonchev–Trinajstić information content (AvgIpc) is 2.97. The van der Waals surface area contributed by atoms with E-state index in [-0.39, 0.29) is 29.0 Å². The van der Waals surface area contributed by atoms with Gasteiger partial charge in [0, 0.05) is 24.2 Å². The molecule has 1 amide bonds. The first-order valence-corrected chi connectivity index (χ1v) is 9.44. The van der Waals surface area contributed by atoms with Gasteiger partial charge in [0.1, 0.15) is 19.8 Å². The second-order valence-electron chi connectivity index (χ2n) is 7.43. The number of benzene rings is 1. The van der Waals surface area contributed by atoms with Crippen LogP contribution in [-0.4, -0.2) is 45.7 Å². The van der Waals surface area contributed by atoms with Crippen molar-refractivity contribution in [1.29, 1.82) is 0 Å². The number of aromatic nitrogens is 2. The van der Waals surface area contributed by atoms with Crippen molar-refractivity contribution in [2.24, 2.45) is 0 Å². The van der Waals surface area contributed by atoms with Crippen LogP contribution in [0.25, 0.3) is 11.0 Å². The molecule has 1 aromatic heterocycles. The van der Waals surface area contributed by atoms with Crippen LogP contribution in [0, 0.1) is 0 Å². The number of carbonyl (C=O) groups excluding carboxylic acids is 1. The molecule has 0 bridgehead atoms. The van der Waals surface area contributed by atoms with Crippen molar-refractivity contribution in [3.63, 3.8) is 0 Å². The Hall–Kier alpha value is -2.45. The van der Waals surface area contributed by atoms with Gasteiger partial charge in [-0.05, 0) is 33.1 Å². The SMILES string of the molecule is C[C@@H]1CCC[C@@H](C)N1C(=O)Cn1c(C(F)(F)F)nc2cc3c(cc21)OCCO3. The van der Waals surface area contributed by atoms with Crippen LogP contribution in [-0.2, 0) is 17.5 Å². The number of hydrogen-bond acceptors (Lipinski definition) is 4. The Bertz CT molecular complexity index is 899. The predicted octanol–water partition coefficient (Wildman–Crippen LogP) is 3.62. The Labute approximate surface area is 160 Å². The molecule has 1 fully saturated rings. The summed E-state index contributed by atoms with van der Waals surface area (Å²) < 4.78 is 52.8. The third-order valence-corrected chi connectivity index (χ3v) is 5.44. The second kappa shape index (κ2) is 6.86. The predicted molar refractivity (Wildman–Crippen MR) is 95.3 cm³/mol. The van der Waals surface area contributed by atoms with Crippen LogP contribution in [0.3, 0.4) is 0 Å². The molecule has 3 heterocycles. The van der Waals surface area contributed by atoms with Gasteiger partial charge in [-0.15, -0.1) is 0 Å². The summed E-state index contributed by atoms with van der Waals surface area (Å²) in [4.78, 5) is 18.4. The van der Waals surface area contributed by atoms with E-state index < -0.39 is 18.5 Å². The molecule has 152 valence electrons. The molecule has 1 aromatic carbocycles. The number of nitrogens with zero attached hydrogens (tertiary/aromatic N) is 3. The first-order chi connectivity index (χ1) is 13.3. The molecular weight excluding hydrogens is 375 g/mol. The lowest BCUT2D eigenvalue weighted by Gasteiger charge is -2.39. The number of piperidine rings is 1. The van der Waals surface area contributed by atoms with Crippen LogP contribution in [0.2, 0.25) is 0 Å². The molecule has 6 nitrogen and oxygen atoms in total. The van der Waals surface area contributed by atoms with E-state index in [2.05, 4.69) is 4.98 Å². The van der Waals surface area contributed by atoms with Crippen LogP contribution in [0.1, 0.15) is 38.9 Å². The lowest BCUT2D eigenvalue weighted by Crippen LogP contribution is -2.48. The number of imidazole rings is 1. The second-order valence-corrected chi connectivity index (χ2v) is 7.43. The monoisotopic (exact) mass is 397 g/mol. The minimum Gasteiger partial charge on any atom is -0.486 e. The van der Waals surface area contributed by atoms with Crippen molar-refractivity contribution >= 4 is 16.9 Å². The number of alkyl halides is 3. The van der Waals surface area contributed by atoms with Crippen molar-refractivity contribution in [2.45, 2.75) is 57.9 Å².